The monoisotopic (exact) mass is 214 g/mol. The molecule has 0 amide bonds. The highest BCUT2D eigenvalue weighted by Gasteiger charge is 2.21. The fraction of sp³-hybridized carbons (Fsp3) is 0.900. The van der Waals surface area contributed by atoms with Gasteiger partial charge in [0.1, 0.15) is 0 Å². The molecule has 0 spiro atoms. The summed E-state index contributed by atoms with van der Waals surface area (Å²) in [6.07, 6.45) is 3.22. The van der Waals surface area contributed by atoms with Crippen LogP contribution < -0.4 is 11.3 Å². The van der Waals surface area contributed by atoms with Crippen molar-refractivity contribution in [3.8, 4) is 0 Å². The number of hydrogen-bond donors (Lipinski definition) is 3. The Morgan fingerprint density at radius 1 is 1.67 bits per heavy atom. The highest BCUT2D eigenvalue weighted by molar-refractivity contribution is 5.79. The first-order valence-electron chi connectivity index (χ1n) is 5.68. The van der Waals surface area contributed by atoms with Gasteiger partial charge in [0.25, 0.3) is 0 Å². The molecule has 1 unspecified atom stereocenters. The van der Waals surface area contributed by atoms with Crippen molar-refractivity contribution in [1.82, 2.24) is 10.3 Å². The van der Waals surface area contributed by atoms with Crippen LogP contribution in [-0.2, 0) is 0 Å². The molecule has 5 heteroatoms. The Morgan fingerprint density at radius 2 is 2.47 bits per heavy atom. The Labute approximate surface area is 91.3 Å². The van der Waals surface area contributed by atoms with Crippen molar-refractivity contribution in [2.24, 2.45) is 16.8 Å². The van der Waals surface area contributed by atoms with Gasteiger partial charge in [0.2, 0.25) is 5.96 Å². The second-order valence-electron chi connectivity index (χ2n) is 3.91. The largest absolute Gasteiger partial charge is 0.396 e. The van der Waals surface area contributed by atoms with E-state index < -0.39 is 0 Å². The number of aliphatic imine (C=N–C) groups is 1. The predicted molar refractivity (Wildman–Crippen MR) is 61.3 cm³/mol. The van der Waals surface area contributed by atoms with Crippen LogP contribution in [0.1, 0.15) is 26.2 Å². The predicted octanol–water partition coefficient (Wildman–Crippen LogP) is -0.0800. The number of hydrogen-bond acceptors (Lipinski definition) is 3. The van der Waals surface area contributed by atoms with Gasteiger partial charge in [-0.1, -0.05) is 0 Å². The third-order valence-corrected chi connectivity index (χ3v) is 2.79. The summed E-state index contributed by atoms with van der Waals surface area (Å²) in [5, 5.41) is 8.91. The van der Waals surface area contributed by atoms with Crippen molar-refractivity contribution in [2.45, 2.75) is 26.2 Å². The molecule has 88 valence electrons. The molecule has 0 radical (unpaired) electrons. The van der Waals surface area contributed by atoms with E-state index in [1.54, 1.807) is 0 Å². The number of aliphatic hydroxyl groups excluding tert-OH is 1. The van der Waals surface area contributed by atoms with Crippen molar-refractivity contribution in [1.29, 1.82) is 0 Å². The zero-order valence-corrected chi connectivity index (χ0v) is 9.45. The maximum atomic E-state index is 8.91. The van der Waals surface area contributed by atoms with Crippen LogP contribution in [0.3, 0.4) is 0 Å². The van der Waals surface area contributed by atoms with Crippen LogP contribution in [0.25, 0.3) is 0 Å². The van der Waals surface area contributed by atoms with Crippen LogP contribution in [-0.4, -0.2) is 42.2 Å². The van der Waals surface area contributed by atoms with Crippen LogP contribution in [0.5, 0.6) is 0 Å². The molecule has 1 aliphatic heterocycles. The van der Waals surface area contributed by atoms with Gasteiger partial charge in [-0.05, 0) is 32.1 Å². The molecule has 5 nitrogen and oxygen atoms in total. The van der Waals surface area contributed by atoms with Gasteiger partial charge >= 0.3 is 0 Å². The molecule has 1 fully saturated rings. The van der Waals surface area contributed by atoms with Crippen molar-refractivity contribution in [2.75, 3.05) is 26.2 Å². The molecule has 1 rings (SSSR count). The van der Waals surface area contributed by atoms with Gasteiger partial charge < -0.3 is 10.0 Å². The summed E-state index contributed by atoms with van der Waals surface area (Å²) in [6, 6.07) is 0. The van der Waals surface area contributed by atoms with Gasteiger partial charge in [-0.2, -0.15) is 0 Å². The second-order valence-corrected chi connectivity index (χ2v) is 3.91. The number of aliphatic hydroxyl groups is 1. The van der Waals surface area contributed by atoms with Crippen LogP contribution in [0, 0.1) is 5.92 Å². The van der Waals surface area contributed by atoms with E-state index in [9.17, 15) is 0 Å². The molecular formula is C10H22N4O. The molecule has 0 aliphatic carbocycles. The van der Waals surface area contributed by atoms with Gasteiger partial charge in [0.05, 0.1) is 0 Å². The Balaban J connectivity index is 2.50. The van der Waals surface area contributed by atoms with E-state index in [0.29, 0.717) is 5.92 Å². The zero-order valence-electron chi connectivity index (χ0n) is 9.45. The van der Waals surface area contributed by atoms with Crippen molar-refractivity contribution >= 4 is 5.96 Å². The summed E-state index contributed by atoms with van der Waals surface area (Å²) in [7, 11) is 0. The molecule has 1 saturated heterocycles. The maximum absolute atomic E-state index is 8.91. The Kier molecular flexibility index (Phi) is 5.42. The van der Waals surface area contributed by atoms with Gasteiger partial charge in [-0.25, -0.2) is 5.84 Å². The molecule has 0 saturated carbocycles. The summed E-state index contributed by atoms with van der Waals surface area (Å²) >= 11 is 0. The average Bonchev–Trinajstić information content (AvgIpc) is 2.27. The number of piperidine rings is 1. The van der Waals surface area contributed by atoms with E-state index in [4.69, 9.17) is 10.9 Å². The number of likely N-dealkylation sites (tertiary alicyclic amines) is 1. The summed E-state index contributed by atoms with van der Waals surface area (Å²) in [5.41, 5.74) is 2.65. The summed E-state index contributed by atoms with van der Waals surface area (Å²) < 4.78 is 0. The zero-order chi connectivity index (χ0) is 11.1. The lowest BCUT2D eigenvalue weighted by molar-refractivity contribution is 0.195. The molecular weight excluding hydrogens is 192 g/mol. The third-order valence-electron chi connectivity index (χ3n) is 2.79. The van der Waals surface area contributed by atoms with Crippen LogP contribution in [0.2, 0.25) is 0 Å². The van der Waals surface area contributed by atoms with E-state index in [-0.39, 0.29) is 6.61 Å². The molecule has 0 aromatic rings. The molecule has 0 bridgehead atoms. The minimum Gasteiger partial charge on any atom is -0.396 e. The highest BCUT2D eigenvalue weighted by atomic mass is 16.3. The molecule has 1 atom stereocenters. The van der Waals surface area contributed by atoms with Crippen molar-refractivity contribution < 1.29 is 5.11 Å². The SMILES string of the molecule is CCN=C(NN)N1CCCC(CCO)C1. The summed E-state index contributed by atoms with van der Waals surface area (Å²) in [5.74, 6) is 6.78. The van der Waals surface area contributed by atoms with E-state index >= 15 is 0 Å². The first-order valence-corrected chi connectivity index (χ1v) is 5.68. The van der Waals surface area contributed by atoms with Crippen molar-refractivity contribution in [3.05, 3.63) is 0 Å². The lowest BCUT2D eigenvalue weighted by atomic mass is 9.95. The summed E-state index contributed by atoms with van der Waals surface area (Å²) in [4.78, 5) is 6.48. The molecule has 0 aromatic carbocycles. The number of nitrogens with two attached hydrogens (primary N) is 1. The Morgan fingerprint density at radius 3 is 3.07 bits per heavy atom. The lowest BCUT2D eigenvalue weighted by Crippen LogP contribution is -2.49. The van der Waals surface area contributed by atoms with Gasteiger partial charge in [0.15, 0.2) is 0 Å². The highest BCUT2D eigenvalue weighted by Crippen LogP contribution is 2.18. The van der Waals surface area contributed by atoms with E-state index in [1.165, 1.54) is 6.42 Å². The minimum atomic E-state index is 0.273. The maximum Gasteiger partial charge on any atom is 0.208 e. The number of hydrazine groups is 1. The third kappa shape index (κ3) is 3.68. The molecule has 15 heavy (non-hydrogen) atoms. The van der Waals surface area contributed by atoms with E-state index in [2.05, 4.69) is 15.3 Å². The minimum absolute atomic E-state index is 0.273. The second kappa shape index (κ2) is 6.63. The fourth-order valence-corrected chi connectivity index (χ4v) is 2.06. The van der Waals surface area contributed by atoms with Gasteiger partial charge in [0, 0.05) is 26.2 Å². The fourth-order valence-electron chi connectivity index (χ4n) is 2.06. The first kappa shape index (κ1) is 12.3. The smallest absolute Gasteiger partial charge is 0.208 e. The molecule has 0 aromatic heterocycles. The number of nitrogens with zero attached hydrogens (tertiary/aromatic N) is 2. The number of guanidine groups is 1. The standard InChI is InChI=1S/C10H22N4O/c1-2-12-10(13-11)14-6-3-4-9(8-14)5-7-15/h9,15H,2-8,11H2,1H3,(H,12,13). The summed E-state index contributed by atoms with van der Waals surface area (Å²) in [6.45, 7) is 4.95. The molecule has 1 aliphatic rings. The van der Waals surface area contributed by atoms with Crippen LogP contribution >= 0.6 is 0 Å². The Bertz CT molecular complexity index is 206. The van der Waals surface area contributed by atoms with Crippen molar-refractivity contribution in [3.63, 3.8) is 0 Å². The topological polar surface area (TPSA) is 73.9 Å². The normalized spacial score (nSPS) is 23.0. The number of nitrogens with one attached hydrogen (secondary N) is 1. The van der Waals surface area contributed by atoms with Crippen LogP contribution in [0.4, 0.5) is 0 Å². The molecule has 1 heterocycles. The van der Waals surface area contributed by atoms with E-state index in [0.717, 1.165) is 38.4 Å². The average molecular weight is 214 g/mol. The Hall–Kier alpha value is -0.810. The first-order chi connectivity index (χ1) is 7.31. The lowest BCUT2D eigenvalue weighted by Gasteiger charge is -2.34. The van der Waals surface area contributed by atoms with Gasteiger partial charge in [-0.15, -0.1) is 0 Å². The van der Waals surface area contributed by atoms with Crippen LogP contribution in [0.15, 0.2) is 4.99 Å². The number of rotatable bonds is 3. The van der Waals surface area contributed by atoms with Gasteiger partial charge in [-0.3, -0.25) is 10.4 Å². The van der Waals surface area contributed by atoms with E-state index in [1.807, 2.05) is 6.92 Å². The quantitative estimate of drug-likeness (QED) is 0.266. The molecule has 4 N–H and O–H groups in total.